The molecule has 0 radical (unpaired) electrons. The number of carbonyl (C=O) groups excluding carboxylic acids is 6. The van der Waals surface area contributed by atoms with Crippen LogP contribution in [0.15, 0.2) is 11.8 Å². The van der Waals surface area contributed by atoms with E-state index in [1.165, 1.54) is 4.90 Å². The fraction of sp³-hybridized carbons (Fsp3) is 0.855. The molecule has 6 unspecified atom stereocenters. The Morgan fingerprint density at radius 3 is 1.85 bits per heavy atom. The fourth-order valence-corrected chi connectivity index (χ4v) is 9.58. The molecule has 0 aromatic heterocycles. The number of nitrogens with zero attached hydrogens (tertiary/aromatic N) is 1. The number of aliphatic hydroxyl groups is 4. The van der Waals surface area contributed by atoms with Gasteiger partial charge in [0.05, 0.1) is 43.3 Å². The highest BCUT2D eigenvalue weighted by Crippen LogP contribution is 2.38. The number of amides is 5. The van der Waals surface area contributed by atoms with Gasteiger partial charge in [0.1, 0.15) is 58.7 Å². The molecule has 454 valence electrons. The lowest BCUT2D eigenvalue weighted by atomic mass is 9.77. The standard InChI is InChI=1S/C55H96N6O18/c1-29-28-72-47(40(65)38(29)30(2)45(68)76-52(6,7)8)75-42-35(59-44(67)39(64)31-26-61(27-31)50(71)79-55(15,16)17)22-36(60-49(70)78-54(12,13)14)43(41(42)66)74-46-34(58-37(63)23-51(3,4)5)19-18-33(73-46)25-56-24-32(62)20-21-57-48(69)77-53(9,10)11/h18,29-32,34-36,38-43,46-47,56,62,64-66H,19-28H2,1-17H3,(H,57,69)(H,58,63)(H,59,67)(H,60,70)/t29?,30?,32?,34-,35-,36+,38-,39?,40?,41-,42+,43-,46-,47?/m1/s1. The monoisotopic (exact) mass is 1130 g/mol. The van der Waals surface area contributed by atoms with Gasteiger partial charge >= 0.3 is 24.2 Å². The van der Waals surface area contributed by atoms with E-state index < -0.39 is 143 Å². The van der Waals surface area contributed by atoms with Gasteiger partial charge in [0.2, 0.25) is 18.1 Å². The first kappa shape index (κ1) is 66.9. The zero-order valence-corrected chi connectivity index (χ0v) is 49.8. The molecule has 24 nitrogen and oxygen atoms in total. The van der Waals surface area contributed by atoms with Gasteiger partial charge in [-0.25, -0.2) is 14.4 Å². The quantitative estimate of drug-likeness (QED) is 0.0660. The van der Waals surface area contributed by atoms with Crippen molar-refractivity contribution < 1.29 is 87.1 Å². The molecule has 0 aromatic carbocycles. The molecule has 1 aliphatic carbocycles. The summed E-state index contributed by atoms with van der Waals surface area (Å²) in [4.78, 5) is 81.2. The summed E-state index contributed by atoms with van der Waals surface area (Å²) >= 11 is 0. The lowest BCUT2D eigenvalue weighted by Crippen LogP contribution is -2.69. The van der Waals surface area contributed by atoms with Crippen LogP contribution in [0.1, 0.15) is 143 Å². The molecule has 2 saturated heterocycles. The molecule has 14 atom stereocenters. The smallest absolute Gasteiger partial charge is 0.410 e. The summed E-state index contributed by atoms with van der Waals surface area (Å²) < 4.78 is 47.9. The Labute approximate surface area is 466 Å². The third-order valence-electron chi connectivity index (χ3n) is 13.1. The second-order valence-electron chi connectivity index (χ2n) is 26.8. The Balaban J connectivity index is 1.69. The highest BCUT2D eigenvalue weighted by Gasteiger charge is 2.53. The highest BCUT2D eigenvalue weighted by atomic mass is 16.7. The van der Waals surface area contributed by atoms with Crippen molar-refractivity contribution in [1.82, 2.24) is 31.5 Å². The number of alkyl carbamates (subject to hydrolysis) is 2. The zero-order valence-electron chi connectivity index (χ0n) is 49.8. The molecule has 5 amide bonds. The third-order valence-corrected chi connectivity index (χ3v) is 13.1. The molecule has 1 saturated carbocycles. The minimum atomic E-state index is -1.83. The lowest BCUT2D eigenvalue weighted by molar-refractivity contribution is -0.297. The van der Waals surface area contributed by atoms with Gasteiger partial charge in [-0.3, -0.25) is 14.4 Å². The van der Waals surface area contributed by atoms with Gasteiger partial charge in [-0.2, -0.15) is 0 Å². The number of rotatable bonds is 19. The van der Waals surface area contributed by atoms with Crippen molar-refractivity contribution in [3.05, 3.63) is 11.8 Å². The lowest BCUT2D eigenvalue weighted by Gasteiger charge is -2.49. The van der Waals surface area contributed by atoms with E-state index in [1.54, 1.807) is 103 Å². The number of esters is 1. The van der Waals surface area contributed by atoms with Crippen molar-refractivity contribution in [2.45, 2.75) is 233 Å². The van der Waals surface area contributed by atoms with E-state index in [0.29, 0.717) is 5.76 Å². The van der Waals surface area contributed by atoms with Gasteiger partial charge in [-0.15, -0.1) is 0 Å². The number of hydrogen-bond donors (Lipinski definition) is 9. The second kappa shape index (κ2) is 27.5. The summed E-state index contributed by atoms with van der Waals surface area (Å²) in [7, 11) is 0. The molecule has 3 heterocycles. The first-order valence-corrected chi connectivity index (χ1v) is 27.7. The van der Waals surface area contributed by atoms with Crippen LogP contribution >= 0.6 is 0 Å². The van der Waals surface area contributed by atoms with E-state index in [-0.39, 0.29) is 76.8 Å². The Bertz CT molecular complexity index is 2090. The Kier molecular flexibility index (Phi) is 23.3. The van der Waals surface area contributed by atoms with E-state index in [1.807, 2.05) is 20.8 Å². The van der Waals surface area contributed by atoms with Crippen molar-refractivity contribution in [3.8, 4) is 0 Å². The van der Waals surface area contributed by atoms with Crippen LogP contribution < -0.4 is 26.6 Å². The number of carbonyl (C=O) groups is 6. The highest BCUT2D eigenvalue weighted by molar-refractivity contribution is 5.82. The van der Waals surface area contributed by atoms with E-state index in [4.69, 9.17) is 37.9 Å². The van der Waals surface area contributed by atoms with Gasteiger partial charge < -0.3 is 89.8 Å². The van der Waals surface area contributed by atoms with Crippen molar-refractivity contribution in [1.29, 1.82) is 0 Å². The summed E-state index contributed by atoms with van der Waals surface area (Å²) in [6, 6.07) is -3.36. The minimum absolute atomic E-state index is 0.00167. The molecule has 0 aromatic rings. The predicted molar refractivity (Wildman–Crippen MR) is 287 cm³/mol. The number of likely N-dealkylation sites (tertiary alicyclic amines) is 1. The average molecular weight is 1130 g/mol. The summed E-state index contributed by atoms with van der Waals surface area (Å²) in [5, 5.41) is 61.4. The third kappa shape index (κ3) is 22.0. The van der Waals surface area contributed by atoms with Crippen molar-refractivity contribution in [2.24, 2.45) is 29.1 Å². The molecule has 4 rings (SSSR count). The maximum absolute atomic E-state index is 14.2. The number of nitrogens with one attached hydrogen (secondary N) is 5. The topological polar surface area (TPSA) is 321 Å². The number of hydrogen-bond acceptors (Lipinski definition) is 19. The minimum Gasteiger partial charge on any atom is -0.466 e. The van der Waals surface area contributed by atoms with Crippen LogP contribution in [0.5, 0.6) is 0 Å². The number of ether oxygens (including phenoxy) is 8. The second-order valence-corrected chi connectivity index (χ2v) is 26.8. The van der Waals surface area contributed by atoms with Crippen LogP contribution in [0.3, 0.4) is 0 Å². The SMILES string of the molecule is CC1COC(O[C@@H]2[C@@H](O)[C@H](O[C@H]3OC(CNCC(O)CCNC(=O)OC(C)(C)C)=CC[C@H]3NC(=O)CC(C)(C)C)[C@@H](NC(=O)OC(C)(C)C)C[C@H]2NC(=O)C(O)C2CN(C(=O)OC(C)(C)C)C2)C(O)[C@H]1C(C)C(=O)OC(C)(C)C. The van der Waals surface area contributed by atoms with Gasteiger partial charge in [0.25, 0.3) is 0 Å². The van der Waals surface area contributed by atoms with Crippen LogP contribution in [-0.4, -0.2) is 190 Å². The van der Waals surface area contributed by atoms with Crippen molar-refractivity contribution in [3.63, 3.8) is 0 Å². The largest absolute Gasteiger partial charge is 0.466 e. The van der Waals surface area contributed by atoms with Gasteiger partial charge in [0, 0.05) is 44.4 Å². The maximum Gasteiger partial charge on any atom is 0.410 e. The summed E-state index contributed by atoms with van der Waals surface area (Å²) in [5.41, 5.74) is -3.70. The van der Waals surface area contributed by atoms with Gasteiger partial charge in [-0.1, -0.05) is 34.6 Å². The summed E-state index contributed by atoms with van der Waals surface area (Å²) in [5.74, 6) is -4.14. The first-order chi connectivity index (χ1) is 36.2. The summed E-state index contributed by atoms with van der Waals surface area (Å²) in [6.45, 7) is 30.0. The zero-order chi connectivity index (χ0) is 59.7. The molecule has 3 fully saturated rings. The van der Waals surface area contributed by atoms with E-state index in [2.05, 4.69) is 26.6 Å². The summed E-state index contributed by atoms with van der Waals surface area (Å²) in [6.07, 6.45) is -11.9. The van der Waals surface area contributed by atoms with E-state index in [9.17, 15) is 49.2 Å². The van der Waals surface area contributed by atoms with E-state index in [0.717, 1.165) is 0 Å². The fourth-order valence-electron chi connectivity index (χ4n) is 9.58. The molecule has 79 heavy (non-hydrogen) atoms. The van der Waals surface area contributed by atoms with Crippen LogP contribution in [-0.2, 0) is 52.3 Å². The van der Waals surface area contributed by atoms with Gasteiger partial charge in [-0.05, 0) is 120 Å². The van der Waals surface area contributed by atoms with Crippen LogP contribution in [0, 0.1) is 29.1 Å². The first-order valence-electron chi connectivity index (χ1n) is 27.7. The van der Waals surface area contributed by atoms with Crippen molar-refractivity contribution >= 4 is 36.1 Å². The Morgan fingerprint density at radius 1 is 0.722 bits per heavy atom. The molecule has 3 aliphatic heterocycles. The molecule has 24 heteroatoms. The molecule has 0 bridgehead atoms. The van der Waals surface area contributed by atoms with E-state index >= 15 is 0 Å². The molecule has 0 spiro atoms. The molecule has 4 aliphatic rings. The molecular weight excluding hydrogens is 1030 g/mol. The van der Waals surface area contributed by atoms with Gasteiger partial charge in [0.15, 0.2) is 6.29 Å². The van der Waals surface area contributed by atoms with Crippen LogP contribution in [0.25, 0.3) is 0 Å². The molecule has 9 N–H and O–H groups in total. The number of aliphatic hydroxyl groups excluding tert-OH is 4. The maximum atomic E-state index is 14.2. The Morgan fingerprint density at radius 2 is 1.28 bits per heavy atom. The van der Waals surface area contributed by atoms with Crippen molar-refractivity contribution in [2.75, 3.05) is 39.3 Å². The normalized spacial score (nSPS) is 28.3. The predicted octanol–water partition coefficient (Wildman–Crippen LogP) is 3.49. The van der Waals surface area contributed by atoms with Crippen LogP contribution in [0.2, 0.25) is 0 Å². The molecular formula is C55H96N6O18. The Hall–Kier alpha value is -4.56. The average Bonchev–Trinajstić information content (AvgIpc) is 3.24. The van der Waals surface area contributed by atoms with Crippen LogP contribution in [0.4, 0.5) is 14.4 Å².